The topological polar surface area (TPSA) is 75.3 Å². The zero-order valence-corrected chi connectivity index (χ0v) is 18.1. The van der Waals surface area contributed by atoms with Crippen LogP contribution in [0.2, 0.25) is 0 Å². The van der Waals surface area contributed by atoms with Crippen LogP contribution in [-0.4, -0.2) is 26.8 Å². The van der Waals surface area contributed by atoms with Gasteiger partial charge in [0.1, 0.15) is 18.2 Å². The largest absolute Gasteiger partial charge is 0.489 e. The Bertz CT molecular complexity index is 1280. The first kappa shape index (κ1) is 21.3. The molecule has 1 heterocycles. The first-order valence-corrected chi connectivity index (χ1v) is 10.6. The number of carbonyl (C=O) groups is 1. The zero-order valence-electron chi connectivity index (χ0n) is 18.1. The molecule has 0 unspecified atom stereocenters. The SMILES string of the molecule is CC(C)N(Cc1nc2ccccc2c(=O)[nH]1)C(=O)c1cccc(OCc2ccccc2)c1. The summed E-state index contributed by atoms with van der Waals surface area (Å²) in [5.74, 6) is 0.925. The molecule has 4 rings (SSSR count). The van der Waals surface area contributed by atoms with Crippen LogP contribution < -0.4 is 10.3 Å². The summed E-state index contributed by atoms with van der Waals surface area (Å²) in [6, 6.07) is 24.1. The molecule has 0 fully saturated rings. The number of aromatic amines is 1. The number of nitrogens with zero attached hydrogens (tertiary/aromatic N) is 2. The molecule has 0 bridgehead atoms. The van der Waals surface area contributed by atoms with Gasteiger partial charge in [0.05, 0.1) is 17.4 Å². The number of ether oxygens (including phenoxy) is 1. The lowest BCUT2D eigenvalue weighted by atomic mass is 10.1. The van der Waals surface area contributed by atoms with Gasteiger partial charge in [0.2, 0.25) is 0 Å². The minimum atomic E-state index is -0.210. The van der Waals surface area contributed by atoms with E-state index in [1.54, 1.807) is 35.2 Å². The molecule has 0 saturated carbocycles. The Balaban J connectivity index is 1.54. The Labute approximate surface area is 186 Å². The van der Waals surface area contributed by atoms with Crippen molar-refractivity contribution in [2.45, 2.75) is 33.0 Å². The van der Waals surface area contributed by atoms with E-state index < -0.39 is 0 Å². The van der Waals surface area contributed by atoms with Crippen LogP contribution in [0.3, 0.4) is 0 Å². The summed E-state index contributed by atoms with van der Waals surface area (Å²) in [6.07, 6.45) is 0. The molecule has 4 aromatic rings. The Hall–Kier alpha value is -3.93. The van der Waals surface area contributed by atoms with E-state index in [1.807, 2.05) is 62.4 Å². The second kappa shape index (κ2) is 9.47. The second-order valence-electron chi connectivity index (χ2n) is 7.86. The lowest BCUT2D eigenvalue weighted by Crippen LogP contribution is -2.37. The molecule has 0 spiro atoms. The van der Waals surface area contributed by atoms with Crippen LogP contribution in [0.1, 0.15) is 35.6 Å². The molecule has 0 aliphatic rings. The van der Waals surface area contributed by atoms with E-state index in [0.29, 0.717) is 34.6 Å². The molecule has 0 saturated heterocycles. The number of amides is 1. The molecule has 6 heteroatoms. The molecule has 1 N–H and O–H groups in total. The van der Waals surface area contributed by atoms with Gasteiger partial charge >= 0.3 is 0 Å². The summed E-state index contributed by atoms with van der Waals surface area (Å²) >= 11 is 0. The molecule has 0 radical (unpaired) electrons. The van der Waals surface area contributed by atoms with E-state index in [0.717, 1.165) is 5.56 Å². The molecule has 6 nitrogen and oxygen atoms in total. The molecule has 162 valence electrons. The first-order chi connectivity index (χ1) is 15.5. The molecule has 1 aromatic heterocycles. The van der Waals surface area contributed by atoms with Gasteiger partial charge in [0, 0.05) is 11.6 Å². The Morgan fingerprint density at radius 3 is 2.53 bits per heavy atom. The van der Waals surface area contributed by atoms with Crippen LogP contribution >= 0.6 is 0 Å². The van der Waals surface area contributed by atoms with Gasteiger partial charge in [-0.2, -0.15) is 0 Å². The molecular weight excluding hydrogens is 402 g/mol. The minimum Gasteiger partial charge on any atom is -0.489 e. The number of H-pyrrole nitrogens is 1. The molecule has 0 atom stereocenters. The van der Waals surface area contributed by atoms with E-state index in [4.69, 9.17) is 4.74 Å². The van der Waals surface area contributed by atoms with Gasteiger partial charge in [-0.25, -0.2) is 4.98 Å². The van der Waals surface area contributed by atoms with Crippen molar-refractivity contribution >= 4 is 16.8 Å². The van der Waals surface area contributed by atoms with Gasteiger partial charge in [0.25, 0.3) is 11.5 Å². The number of benzene rings is 3. The molecule has 32 heavy (non-hydrogen) atoms. The predicted octanol–water partition coefficient (Wildman–Crippen LogP) is 4.55. The first-order valence-electron chi connectivity index (χ1n) is 10.6. The van der Waals surface area contributed by atoms with Gasteiger partial charge in [-0.3, -0.25) is 9.59 Å². The second-order valence-corrected chi connectivity index (χ2v) is 7.86. The van der Waals surface area contributed by atoms with Crippen molar-refractivity contribution in [3.8, 4) is 5.75 Å². The van der Waals surface area contributed by atoms with Gasteiger partial charge in [-0.05, 0) is 49.7 Å². The maximum absolute atomic E-state index is 13.3. The summed E-state index contributed by atoms with van der Waals surface area (Å²) in [5.41, 5.74) is 1.98. The molecular formula is C26H25N3O3. The van der Waals surface area contributed by atoms with Gasteiger partial charge in [-0.1, -0.05) is 48.5 Å². The number of hydrogen-bond acceptors (Lipinski definition) is 4. The highest BCUT2D eigenvalue weighted by molar-refractivity contribution is 5.94. The number of fused-ring (bicyclic) bond motifs is 1. The minimum absolute atomic E-state index is 0.0897. The van der Waals surface area contributed by atoms with Crippen molar-refractivity contribution < 1.29 is 9.53 Å². The summed E-state index contributed by atoms with van der Waals surface area (Å²) in [6.45, 7) is 4.50. The van der Waals surface area contributed by atoms with Crippen molar-refractivity contribution in [3.63, 3.8) is 0 Å². The van der Waals surface area contributed by atoms with Crippen LogP contribution in [-0.2, 0) is 13.2 Å². The zero-order chi connectivity index (χ0) is 22.5. The highest BCUT2D eigenvalue weighted by atomic mass is 16.5. The third-order valence-electron chi connectivity index (χ3n) is 5.20. The van der Waals surface area contributed by atoms with E-state index in [1.165, 1.54) is 0 Å². The Kier molecular flexibility index (Phi) is 6.31. The maximum Gasteiger partial charge on any atom is 0.258 e. The number of para-hydroxylation sites is 1. The van der Waals surface area contributed by atoms with Crippen LogP contribution in [0.25, 0.3) is 10.9 Å². The third-order valence-corrected chi connectivity index (χ3v) is 5.20. The number of nitrogens with one attached hydrogen (secondary N) is 1. The number of hydrogen-bond donors (Lipinski definition) is 1. The van der Waals surface area contributed by atoms with Crippen molar-refractivity contribution in [1.82, 2.24) is 14.9 Å². The summed E-state index contributed by atoms with van der Waals surface area (Å²) in [4.78, 5) is 34.8. The number of rotatable bonds is 7. The van der Waals surface area contributed by atoms with E-state index in [2.05, 4.69) is 9.97 Å². The fraction of sp³-hybridized carbons (Fsp3) is 0.192. The Morgan fingerprint density at radius 1 is 1.00 bits per heavy atom. The molecule has 1 amide bonds. The smallest absolute Gasteiger partial charge is 0.258 e. The average Bonchev–Trinajstić information content (AvgIpc) is 2.81. The summed E-state index contributed by atoms with van der Waals surface area (Å²) in [5, 5.41) is 0.530. The van der Waals surface area contributed by atoms with Crippen LogP contribution in [0.4, 0.5) is 0 Å². The highest BCUT2D eigenvalue weighted by Gasteiger charge is 2.21. The fourth-order valence-electron chi connectivity index (χ4n) is 3.49. The standard InChI is InChI=1S/C26H25N3O3/c1-18(2)29(16-24-27-23-14-7-6-13-22(23)25(30)28-24)26(31)20-11-8-12-21(15-20)32-17-19-9-4-3-5-10-19/h3-15,18H,16-17H2,1-2H3,(H,27,28,30). The highest BCUT2D eigenvalue weighted by Crippen LogP contribution is 2.19. The Morgan fingerprint density at radius 2 is 1.75 bits per heavy atom. The van der Waals surface area contributed by atoms with Crippen molar-refractivity contribution in [1.29, 1.82) is 0 Å². The number of carbonyl (C=O) groups excluding carboxylic acids is 1. The predicted molar refractivity (Wildman–Crippen MR) is 125 cm³/mol. The molecule has 0 aliphatic heterocycles. The number of aromatic nitrogens is 2. The summed E-state index contributed by atoms with van der Waals surface area (Å²) < 4.78 is 5.87. The third kappa shape index (κ3) is 4.86. The van der Waals surface area contributed by atoms with Crippen LogP contribution in [0.5, 0.6) is 5.75 Å². The lowest BCUT2D eigenvalue weighted by Gasteiger charge is -2.26. The maximum atomic E-state index is 13.3. The monoisotopic (exact) mass is 427 g/mol. The quantitative estimate of drug-likeness (QED) is 0.469. The van der Waals surface area contributed by atoms with Crippen LogP contribution in [0.15, 0.2) is 83.7 Å². The van der Waals surface area contributed by atoms with Gasteiger partial charge in [-0.15, -0.1) is 0 Å². The normalized spacial score (nSPS) is 11.0. The van der Waals surface area contributed by atoms with Crippen molar-refractivity contribution in [2.75, 3.05) is 0 Å². The van der Waals surface area contributed by atoms with E-state index >= 15 is 0 Å². The van der Waals surface area contributed by atoms with E-state index in [-0.39, 0.29) is 24.1 Å². The molecule has 3 aromatic carbocycles. The van der Waals surface area contributed by atoms with Gasteiger partial charge < -0.3 is 14.6 Å². The van der Waals surface area contributed by atoms with Gasteiger partial charge in [0.15, 0.2) is 0 Å². The van der Waals surface area contributed by atoms with Crippen molar-refractivity contribution in [3.05, 3.63) is 106 Å². The van der Waals surface area contributed by atoms with Crippen molar-refractivity contribution in [2.24, 2.45) is 0 Å². The summed E-state index contributed by atoms with van der Waals surface area (Å²) in [7, 11) is 0. The fourth-order valence-corrected chi connectivity index (χ4v) is 3.49. The molecule has 0 aliphatic carbocycles. The average molecular weight is 428 g/mol. The van der Waals surface area contributed by atoms with Crippen LogP contribution in [0, 0.1) is 0 Å². The van der Waals surface area contributed by atoms with E-state index in [9.17, 15) is 9.59 Å². The lowest BCUT2D eigenvalue weighted by molar-refractivity contribution is 0.0684.